The van der Waals surface area contributed by atoms with Crippen LogP contribution in [0.15, 0.2) is 48.2 Å². The summed E-state index contributed by atoms with van der Waals surface area (Å²) in [6.45, 7) is 1.33. The van der Waals surface area contributed by atoms with E-state index in [0.717, 1.165) is 4.90 Å². The van der Waals surface area contributed by atoms with Gasteiger partial charge in [0.2, 0.25) is 0 Å². The molecule has 3 amide bonds. The molecule has 1 fully saturated rings. The van der Waals surface area contributed by atoms with Crippen LogP contribution in [0.4, 0.5) is 9.18 Å². The maximum absolute atomic E-state index is 13.0. The Morgan fingerprint density at radius 3 is 2.53 bits per heavy atom. The zero-order valence-corrected chi connectivity index (χ0v) is 16.2. The van der Waals surface area contributed by atoms with E-state index in [1.165, 1.54) is 56.5 Å². The Balaban J connectivity index is 1.79. The van der Waals surface area contributed by atoms with Crippen LogP contribution in [0, 0.1) is 5.82 Å². The molecule has 2 aromatic rings. The Morgan fingerprint density at radius 1 is 1.20 bits per heavy atom. The summed E-state index contributed by atoms with van der Waals surface area (Å²) in [5.41, 5.74) is 1.18. The third-order valence-corrected chi connectivity index (χ3v) is 4.35. The van der Waals surface area contributed by atoms with Gasteiger partial charge in [-0.05, 0) is 48.4 Å². The number of nitrogens with zero attached hydrogens (tertiary/aromatic N) is 1. The van der Waals surface area contributed by atoms with Gasteiger partial charge in [0.1, 0.15) is 17.6 Å². The highest BCUT2D eigenvalue weighted by Gasteiger charge is 2.33. The fourth-order valence-electron chi connectivity index (χ4n) is 2.76. The highest BCUT2D eigenvalue weighted by atomic mass is 19.1. The largest absolute Gasteiger partial charge is 0.546 e. The van der Waals surface area contributed by atoms with Crippen molar-refractivity contribution in [2.75, 3.05) is 7.11 Å². The van der Waals surface area contributed by atoms with Gasteiger partial charge in [-0.25, -0.2) is 9.18 Å². The van der Waals surface area contributed by atoms with Gasteiger partial charge >= 0.3 is 6.03 Å². The van der Waals surface area contributed by atoms with Gasteiger partial charge in [-0.2, -0.15) is 0 Å². The summed E-state index contributed by atoms with van der Waals surface area (Å²) in [4.78, 5) is 36.7. The van der Waals surface area contributed by atoms with Crippen molar-refractivity contribution in [1.82, 2.24) is 10.2 Å². The maximum Gasteiger partial charge on any atom is 0.329 e. The van der Waals surface area contributed by atoms with E-state index in [1.54, 1.807) is 6.07 Å². The zero-order valence-electron chi connectivity index (χ0n) is 16.2. The number of carbonyl (C=O) groups excluding carboxylic acids is 3. The van der Waals surface area contributed by atoms with Crippen molar-refractivity contribution < 1.29 is 33.4 Å². The quantitative estimate of drug-likeness (QED) is 0.544. The van der Waals surface area contributed by atoms with Gasteiger partial charge < -0.3 is 24.7 Å². The molecule has 1 atom stereocenters. The van der Waals surface area contributed by atoms with Crippen molar-refractivity contribution in [3.8, 4) is 11.5 Å². The second-order valence-electron chi connectivity index (χ2n) is 6.50. The first kappa shape index (κ1) is 20.8. The third kappa shape index (κ3) is 4.57. The monoisotopic (exact) mass is 413 g/mol. The number of rotatable bonds is 7. The summed E-state index contributed by atoms with van der Waals surface area (Å²) in [6, 6.07) is 9.50. The van der Waals surface area contributed by atoms with E-state index in [0.29, 0.717) is 11.1 Å². The maximum atomic E-state index is 13.0. The number of methoxy groups -OCH3 is 1. The van der Waals surface area contributed by atoms with E-state index in [9.17, 15) is 23.9 Å². The first-order valence-electron chi connectivity index (χ1n) is 8.93. The molecule has 2 aromatic carbocycles. The number of imide groups is 1. The number of aliphatic carboxylic acids is 1. The molecule has 1 aliphatic rings. The number of amides is 3. The second-order valence-corrected chi connectivity index (χ2v) is 6.50. The lowest BCUT2D eigenvalue weighted by molar-refractivity contribution is -0.312. The molecule has 1 aliphatic heterocycles. The molecule has 9 heteroatoms. The van der Waals surface area contributed by atoms with Crippen LogP contribution in [-0.2, 0) is 16.1 Å². The number of ether oxygens (including phenoxy) is 2. The van der Waals surface area contributed by atoms with E-state index in [1.807, 2.05) is 0 Å². The number of nitrogens with one attached hydrogen (secondary N) is 1. The number of carbonyl (C=O) groups is 3. The first-order valence-corrected chi connectivity index (χ1v) is 8.93. The lowest BCUT2D eigenvalue weighted by Gasteiger charge is -2.17. The van der Waals surface area contributed by atoms with Crippen molar-refractivity contribution in [1.29, 1.82) is 0 Å². The van der Waals surface area contributed by atoms with Crippen molar-refractivity contribution in [3.63, 3.8) is 0 Å². The summed E-state index contributed by atoms with van der Waals surface area (Å²) < 4.78 is 23.5. The van der Waals surface area contributed by atoms with Crippen LogP contribution in [0.1, 0.15) is 18.1 Å². The summed E-state index contributed by atoms with van der Waals surface area (Å²) in [5.74, 6) is -1.88. The number of hydrogen-bond donors (Lipinski definition) is 1. The van der Waals surface area contributed by atoms with Gasteiger partial charge in [0.15, 0.2) is 11.5 Å². The number of hydrogen-bond acceptors (Lipinski definition) is 6. The predicted molar refractivity (Wildman–Crippen MR) is 102 cm³/mol. The molecule has 1 N–H and O–H groups in total. The third-order valence-electron chi connectivity index (χ3n) is 4.35. The van der Waals surface area contributed by atoms with E-state index in [-0.39, 0.29) is 23.7 Å². The number of halogens is 1. The SMILES string of the molecule is COc1cc(/C=C2\NC(=O)N(Cc3ccc(F)cc3)C2=O)ccc1O[C@H](C)C(=O)[O-]. The molecule has 1 heterocycles. The van der Waals surface area contributed by atoms with Gasteiger partial charge in [0, 0.05) is 0 Å². The van der Waals surface area contributed by atoms with Crippen LogP contribution in [0.2, 0.25) is 0 Å². The highest BCUT2D eigenvalue weighted by Crippen LogP contribution is 2.30. The Labute approximate surface area is 171 Å². The van der Waals surface area contributed by atoms with Gasteiger partial charge in [-0.1, -0.05) is 18.2 Å². The minimum absolute atomic E-state index is 0.000498. The molecule has 0 unspecified atom stereocenters. The van der Waals surface area contributed by atoms with Gasteiger partial charge in [0.25, 0.3) is 5.91 Å². The molecule has 0 aromatic heterocycles. The van der Waals surface area contributed by atoms with E-state index < -0.39 is 29.8 Å². The fourth-order valence-corrected chi connectivity index (χ4v) is 2.76. The number of carboxylic acids is 1. The van der Waals surface area contributed by atoms with Crippen molar-refractivity contribution in [2.45, 2.75) is 19.6 Å². The van der Waals surface area contributed by atoms with Crippen LogP contribution in [0.25, 0.3) is 6.08 Å². The van der Waals surface area contributed by atoms with Gasteiger partial charge in [-0.15, -0.1) is 0 Å². The predicted octanol–water partition coefficient (Wildman–Crippen LogP) is 1.44. The Bertz CT molecular complexity index is 1020. The molecule has 0 saturated carbocycles. The van der Waals surface area contributed by atoms with Crippen molar-refractivity contribution >= 4 is 24.0 Å². The lowest BCUT2D eigenvalue weighted by Crippen LogP contribution is -2.37. The Morgan fingerprint density at radius 2 is 1.90 bits per heavy atom. The lowest BCUT2D eigenvalue weighted by atomic mass is 10.1. The normalized spacial score (nSPS) is 15.8. The average Bonchev–Trinajstić information content (AvgIpc) is 2.97. The van der Waals surface area contributed by atoms with Crippen LogP contribution in [0.3, 0.4) is 0 Å². The van der Waals surface area contributed by atoms with Crippen LogP contribution in [-0.4, -0.2) is 36.0 Å². The molecule has 1 saturated heterocycles. The standard InChI is InChI=1S/C21H19FN2O6/c1-12(20(26)27)30-17-8-5-14(10-18(17)29-2)9-16-19(25)24(21(28)23-16)11-13-3-6-15(22)7-4-13/h3-10,12H,11H2,1-2H3,(H,23,28)(H,26,27)/p-1/b16-9-/t12-/m1/s1. The Hall–Kier alpha value is -3.88. The fraction of sp³-hybridized carbons (Fsp3) is 0.190. The van der Waals surface area contributed by atoms with Crippen molar-refractivity contribution in [2.24, 2.45) is 0 Å². The zero-order chi connectivity index (χ0) is 21.8. The molecule has 8 nitrogen and oxygen atoms in total. The summed E-state index contributed by atoms with van der Waals surface area (Å²) >= 11 is 0. The van der Waals surface area contributed by atoms with Gasteiger partial charge in [0.05, 0.1) is 19.6 Å². The van der Waals surface area contributed by atoms with Crippen molar-refractivity contribution in [3.05, 3.63) is 65.1 Å². The molecule has 3 rings (SSSR count). The Kier molecular flexibility index (Phi) is 6.01. The molecular weight excluding hydrogens is 395 g/mol. The molecule has 0 bridgehead atoms. The highest BCUT2D eigenvalue weighted by molar-refractivity contribution is 6.13. The van der Waals surface area contributed by atoms with Crippen LogP contribution < -0.4 is 19.9 Å². The van der Waals surface area contributed by atoms with Crippen LogP contribution in [0.5, 0.6) is 11.5 Å². The number of benzene rings is 2. The van der Waals surface area contributed by atoms with E-state index >= 15 is 0 Å². The summed E-state index contributed by atoms with van der Waals surface area (Å²) in [5, 5.41) is 13.4. The topological polar surface area (TPSA) is 108 Å². The van der Waals surface area contributed by atoms with E-state index in [4.69, 9.17) is 9.47 Å². The summed E-state index contributed by atoms with van der Waals surface area (Å²) in [6.07, 6.45) is 0.276. The van der Waals surface area contributed by atoms with Crippen LogP contribution >= 0.6 is 0 Å². The minimum atomic E-state index is -1.37. The number of urea groups is 1. The molecular formula is C21H18FN2O6-. The smallest absolute Gasteiger partial charge is 0.329 e. The molecule has 156 valence electrons. The van der Waals surface area contributed by atoms with E-state index in [2.05, 4.69) is 5.32 Å². The second kappa shape index (κ2) is 8.64. The number of carboxylic acid groups (broad SMARTS) is 1. The summed E-state index contributed by atoms with van der Waals surface area (Å²) in [7, 11) is 1.38. The molecule has 0 spiro atoms. The van der Waals surface area contributed by atoms with Gasteiger partial charge in [-0.3, -0.25) is 9.69 Å². The average molecular weight is 413 g/mol. The molecule has 0 radical (unpaired) electrons. The molecule has 30 heavy (non-hydrogen) atoms. The molecule has 0 aliphatic carbocycles. The first-order chi connectivity index (χ1) is 14.3. The minimum Gasteiger partial charge on any atom is -0.546 e.